The number of carbonyl (C=O) groups excluding carboxylic acids is 7. The highest BCUT2D eigenvalue weighted by atomic mass is 32.2. The zero-order chi connectivity index (χ0) is 53.5. The smallest absolute Gasteiger partial charge is 0.326 e. The number of aliphatic carboxylic acids is 2. The van der Waals surface area contributed by atoms with E-state index in [0.717, 1.165) is 5.56 Å². The molecule has 1 aromatic carbocycles. The number of thioether (sulfide) groups is 1. The number of carbonyl (C=O) groups is 9. The van der Waals surface area contributed by atoms with Gasteiger partial charge in [0.25, 0.3) is 0 Å². The molecule has 0 saturated heterocycles. The summed E-state index contributed by atoms with van der Waals surface area (Å²) in [5, 5.41) is 37.1. The van der Waals surface area contributed by atoms with Crippen LogP contribution in [0.2, 0.25) is 0 Å². The van der Waals surface area contributed by atoms with Crippen molar-refractivity contribution >= 4 is 77.0 Å². The van der Waals surface area contributed by atoms with Crippen molar-refractivity contribution in [2.24, 2.45) is 50.3 Å². The van der Waals surface area contributed by atoms with Gasteiger partial charge in [0.15, 0.2) is 11.9 Å². The summed E-state index contributed by atoms with van der Waals surface area (Å²) in [5.74, 6) is -9.55. The predicted octanol–water partition coefficient (Wildman–Crippen LogP) is -3.82. The molecule has 7 amide bonds. The summed E-state index contributed by atoms with van der Waals surface area (Å²) in [6, 6.07) is -0.538. The summed E-state index contributed by atoms with van der Waals surface area (Å²) in [7, 11) is 0. The molecule has 21 N–H and O–H groups in total. The third-order valence-electron chi connectivity index (χ3n) is 10.8. The number of amides is 7. The number of hydrogen-bond donors (Lipinski definition) is 15. The fraction of sp³-hybridized carbons (Fsp3) is 0.614. The van der Waals surface area contributed by atoms with Crippen LogP contribution in [-0.4, -0.2) is 156 Å². The average molecular weight is 1020 g/mol. The van der Waals surface area contributed by atoms with Crippen LogP contribution in [0.1, 0.15) is 83.6 Å². The SMILES string of the molecule is CC[C@H](C)[C@H](NC(=O)[C@H](CCCN=C(N)N)NC(=O)[C@H](CC(=O)O)NC(=O)[C@H](CCSC)NC(=O)[C@H](CCCN=C(N)N)NC(=O)[C@H](CCCCN)NC(=O)CNC(=O)[C@@H](N)Cc1ccccc1)C(=O)O. The number of unbranched alkanes of at least 4 members (excludes halogenated alkanes) is 1. The minimum Gasteiger partial charge on any atom is -0.481 e. The summed E-state index contributed by atoms with van der Waals surface area (Å²) >= 11 is 1.30. The summed E-state index contributed by atoms with van der Waals surface area (Å²) < 4.78 is 0. The van der Waals surface area contributed by atoms with E-state index >= 15 is 0 Å². The minimum absolute atomic E-state index is 0.0201. The summed E-state index contributed by atoms with van der Waals surface area (Å²) in [5.41, 5.74) is 34.3. The Bertz CT molecular complexity index is 1960. The fourth-order valence-corrected chi connectivity index (χ4v) is 7.20. The molecule has 0 spiro atoms. The van der Waals surface area contributed by atoms with Gasteiger partial charge in [0, 0.05) is 13.1 Å². The first-order valence-electron chi connectivity index (χ1n) is 23.3. The maximum Gasteiger partial charge on any atom is 0.326 e. The highest BCUT2D eigenvalue weighted by molar-refractivity contribution is 7.98. The van der Waals surface area contributed by atoms with Crippen LogP contribution in [0, 0.1) is 5.92 Å². The van der Waals surface area contributed by atoms with Crippen LogP contribution < -0.4 is 71.6 Å². The summed E-state index contributed by atoms with van der Waals surface area (Å²) in [6.45, 7) is 3.15. The molecule has 1 rings (SSSR count). The van der Waals surface area contributed by atoms with Gasteiger partial charge in [-0.3, -0.25) is 48.3 Å². The van der Waals surface area contributed by atoms with Crippen molar-refractivity contribution in [3.05, 3.63) is 35.9 Å². The maximum absolute atomic E-state index is 14.1. The lowest BCUT2D eigenvalue weighted by atomic mass is 9.98. The van der Waals surface area contributed by atoms with Crippen LogP contribution in [0.5, 0.6) is 0 Å². The molecule has 0 saturated carbocycles. The normalized spacial score (nSPS) is 14.2. The van der Waals surface area contributed by atoms with Crippen molar-refractivity contribution in [3.63, 3.8) is 0 Å². The minimum atomic E-state index is -1.82. The number of guanidine groups is 2. The van der Waals surface area contributed by atoms with Gasteiger partial charge in [-0.05, 0) is 87.8 Å². The zero-order valence-electron chi connectivity index (χ0n) is 40.7. The number of benzene rings is 1. The highest BCUT2D eigenvalue weighted by Gasteiger charge is 2.35. The Balaban J connectivity index is 3.40. The second-order valence-electron chi connectivity index (χ2n) is 16.7. The van der Waals surface area contributed by atoms with Crippen LogP contribution in [0.15, 0.2) is 40.3 Å². The van der Waals surface area contributed by atoms with E-state index in [0.29, 0.717) is 19.3 Å². The van der Waals surface area contributed by atoms with Crippen LogP contribution in [-0.2, 0) is 49.6 Å². The molecule has 71 heavy (non-hydrogen) atoms. The van der Waals surface area contributed by atoms with Gasteiger partial charge in [-0.2, -0.15) is 11.8 Å². The van der Waals surface area contributed by atoms with Gasteiger partial charge in [-0.1, -0.05) is 50.6 Å². The molecule has 27 heteroatoms. The van der Waals surface area contributed by atoms with Crippen LogP contribution in [0.3, 0.4) is 0 Å². The van der Waals surface area contributed by atoms with Gasteiger partial charge >= 0.3 is 11.9 Å². The highest BCUT2D eigenvalue weighted by Crippen LogP contribution is 2.12. The first-order chi connectivity index (χ1) is 33.6. The Hall–Kier alpha value is -6.74. The van der Waals surface area contributed by atoms with Crippen molar-refractivity contribution in [2.75, 3.05) is 38.2 Å². The molecule has 0 aliphatic carbocycles. The van der Waals surface area contributed by atoms with E-state index in [1.807, 2.05) is 6.07 Å². The molecule has 0 fully saturated rings. The Kier molecular flexibility index (Phi) is 30.3. The molecule has 0 aliphatic rings. The zero-order valence-corrected chi connectivity index (χ0v) is 41.5. The quantitative estimate of drug-likeness (QED) is 0.0174. The van der Waals surface area contributed by atoms with Gasteiger partial charge in [-0.25, -0.2) is 4.79 Å². The molecule has 0 radical (unpaired) electrons. The number of nitrogens with one attached hydrogen (secondary N) is 7. The number of hydrogen-bond acceptors (Lipinski definition) is 14. The summed E-state index contributed by atoms with van der Waals surface area (Å²) in [6.07, 6.45) is 2.30. The second kappa shape index (κ2) is 34.5. The van der Waals surface area contributed by atoms with E-state index in [1.165, 1.54) is 11.8 Å². The lowest BCUT2D eigenvalue weighted by Crippen LogP contribution is -2.60. The Morgan fingerprint density at radius 2 is 1.10 bits per heavy atom. The monoisotopic (exact) mass is 1020 g/mol. The predicted molar refractivity (Wildman–Crippen MR) is 268 cm³/mol. The van der Waals surface area contributed by atoms with Crippen molar-refractivity contribution in [2.45, 2.75) is 127 Å². The number of aliphatic imine (C=N–C) groups is 2. The second-order valence-corrected chi connectivity index (χ2v) is 17.6. The van der Waals surface area contributed by atoms with E-state index in [-0.39, 0.29) is 82.3 Å². The van der Waals surface area contributed by atoms with E-state index < -0.39 is 114 Å². The maximum atomic E-state index is 14.1. The van der Waals surface area contributed by atoms with Gasteiger partial charge in [0.2, 0.25) is 41.4 Å². The number of nitrogens with zero attached hydrogens (tertiary/aromatic N) is 2. The molecule has 0 unspecified atom stereocenters. The van der Waals surface area contributed by atoms with Gasteiger partial charge < -0.3 is 81.8 Å². The number of rotatable bonds is 36. The Labute approximate surface area is 417 Å². The third-order valence-corrected chi connectivity index (χ3v) is 11.5. The molecule has 8 atom stereocenters. The number of nitrogens with two attached hydrogens (primary N) is 6. The molecule has 398 valence electrons. The first-order valence-corrected chi connectivity index (χ1v) is 24.7. The first kappa shape index (κ1) is 62.3. The molecule has 0 aliphatic heterocycles. The van der Waals surface area contributed by atoms with Gasteiger partial charge in [0.05, 0.1) is 19.0 Å². The van der Waals surface area contributed by atoms with E-state index in [4.69, 9.17) is 34.4 Å². The van der Waals surface area contributed by atoms with Crippen molar-refractivity contribution in [1.82, 2.24) is 37.2 Å². The van der Waals surface area contributed by atoms with Crippen molar-refractivity contribution in [1.29, 1.82) is 0 Å². The Morgan fingerprint density at radius 1 is 0.634 bits per heavy atom. The van der Waals surface area contributed by atoms with Gasteiger partial charge in [-0.15, -0.1) is 0 Å². The molecule has 0 aromatic heterocycles. The van der Waals surface area contributed by atoms with Crippen LogP contribution in [0.25, 0.3) is 0 Å². The van der Waals surface area contributed by atoms with E-state index in [2.05, 4.69) is 47.2 Å². The molecule has 0 bridgehead atoms. The van der Waals surface area contributed by atoms with Gasteiger partial charge in [0.1, 0.15) is 36.3 Å². The van der Waals surface area contributed by atoms with Crippen molar-refractivity contribution in [3.8, 4) is 0 Å². The summed E-state index contributed by atoms with van der Waals surface area (Å²) in [4.78, 5) is 127. The van der Waals surface area contributed by atoms with Crippen LogP contribution in [0.4, 0.5) is 0 Å². The standard InChI is InChI=1S/C44H75N15O11S/c1-4-25(2)35(42(69)70)59-40(67)30(16-11-20-52-44(49)50)56-41(68)32(23-34(61)62)58-39(66)31(17-21-71-3)57-38(65)29(15-10-19-51-43(47)48)55-37(64)28(14-8-9-18-45)54-33(60)24-53-36(63)27(46)22-26-12-6-5-7-13-26/h5-7,12-13,25,27-32,35H,4,8-11,14-24,45-46H2,1-3H3,(H,53,63)(H,54,60)(H,55,64)(H,56,68)(H,57,65)(H,58,66)(H,59,67)(H,61,62)(H,69,70)(H4,47,48,51)(H4,49,50,52)/t25-,27-,28-,29-,30-,31-,32-,35-/m0/s1. The lowest BCUT2D eigenvalue weighted by molar-refractivity contribution is -0.144. The molecule has 26 nitrogen and oxygen atoms in total. The molecular formula is C44H75N15O11S. The average Bonchev–Trinajstić information content (AvgIpc) is 3.31. The Morgan fingerprint density at radius 3 is 1.56 bits per heavy atom. The van der Waals surface area contributed by atoms with E-state index in [9.17, 15) is 53.4 Å². The van der Waals surface area contributed by atoms with Crippen molar-refractivity contribution < 1.29 is 53.4 Å². The molecule has 0 heterocycles. The van der Waals surface area contributed by atoms with E-state index in [1.54, 1.807) is 44.4 Å². The molecular weight excluding hydrogens is 947 g/mol. The van der Waals surface area contributed by atoms with Crippen LogP contribution >= 0.6 is 11.8 Å². The fourth-order valence-electron chi connectivity index (χ4n) is 6.73. The third kappa shape index (κ3) is 26.2. The topological polar surface area (TPSA) is 459 Å². The lowest BCUT2D eigenvalue weighted by Gasteiger charge is -2.27. The molecule has 1 aromatic rings. The largest absolute Gasteiger partial charge is 0.481 e. The number of carboxylic acids is 2. The number of carboxylic acid groups (broad SMARTS) is 2.